The predicted octanol–water partition coefficient (Wildman–Crippen LogP) is 2.36. The van der Waals surface area contributed by atoms with E-state index in [0.29, 0.717) is 11.3 Å². The second-order valence-corrected chi connectivity index (χ2v) is 4.25. The van der Waals surface area contributed by atoms with E-state index in [-0.39, 0.29) is 5.78 Å². The molecule has 3 nitrogen and oxygen atoms in total. The van der Waals surface area contributed by atoms with Crippen LogP contribution in [-0.4, -0.2) is 17.0 Å². The number of ketones is 1. The van der Waals surface area contributed by atoms with Crippen LogP contribution in [0.15, 0.2) is 54.6 Å². The molecule has 3 heteroatoms. The van der Waals surface area contributed by atoms with E-state index in [0.717, 1.165) is 5.56 Å². The molecular weight excluding hydrogens is 228 g/mol. The Morgan fingerprint density at radius 1 is 0.944 bits per heavy atom. The Kier molecular flexibility index (Phi) is 2.61. The first-order valence-corrected chi connectivity index (χ1v) is 5.80. The number of aliphatic hydroxyl groups is 1. The highest BCUT2D eigenvalue weighted by Gasteiger charge is 2.36. The van der Waals surface area contributed by atoms with Crippen LogP contribution in [0.4, 0.5) is 0 Å². The minimum absolute atomic E-state index is 0.286. The van der Waals surface area contributed by atoms with Crippen LogP contribution < -0.4 is 4.74 Å². The molecule has 1 unspecified atom stereocenters. The van der Waals surface area contributed by atoms with Crippen molar-refractivity contribution in [2.24, 2.45) is 0 Å². The zero-order valence-corrected chi connectivity index (χ0v) is 9.61. The third-order valence-corrected chi connectivity index (χ3v) is 3.09. The number of carbonyl (C=O) groups excluding carboxylic acids is 1. The number of para-hydroxylation sites is 1. The molecule has 3 rings (SSSR count). The molecular formula is C15H12O3. The molecule has 1 heterocycles. The van der Waals surface area contributed by atoms with Gasteiger partial charge in [0.1, 0.15) is 5.75 Å². The fourth-order valence-electron chi connectivity index (χ4n) is 2.16. The molecule has 2 atom stereocenters. The number of hydrogen-bond acceptors (Lipinski definition) is 3. The maximum absolute atomic E-state index is 12.1. The minimum Gasteiger partial charge on any atom is -0.482 e. The SMILES string of the molecule is O=C1c2ccccc2OC(c2ccccc2)[C@H]1O. The van der Waals surface area contributed by atoms with Gasteiger partial charge in [0.15, 0.2) is 18.0 Å². The highest BCUT2D eigenvalue weighted by Crippen LogP contribution is 2.34. The Bertz CT molecular complexity index is 577. The topological polar surface area (TPSA) is 46.5 Å². The van der Waals surface area contributed by atoms with E-state index in [1.165, 1.54) is 0 Å². The molecule has 1 aliphatic rings. The van der Waals surface area contributed by atoms with Crippen LogP contribution in [0.3, 0.4) is 0 Å². The molecule has 1 N–H and O–H groups in total. The summed E-state index contributed by atoms with van der Waals surface area (Å²) in [5.74, 6) is 0.243. The molecule has 0 aliphatic carbocycles. The molecule has 0 amide bonds. The van der Waals surface area contributed by atoms with Crippen molar-refractivity contribution < 1.29 is 14.6 Å². The van der Waals surface area contributed by atoms with Crippen LogP contribution in [-0.2, 0) is 0 Å². The summed E-state index contributed by atoms with van der Waals surface area (Å²) in [5.41, 5.74) is 1.24. The third-order valence-electron chi connectivity index (χ3n) is 3.09. The maximum atomic E-state index is 12.1. The van der Waals surface area contributed by atoms with Crippen molar-refractivity contribution in [3.05, 3.63) is 65.7 Å². The van der Waals surface area contributed by atoms with Crippen LogP contribution in [0, 0.1) is 0 Å². The van der Waals surface area contributed by atoms with Gasteiger partial charge in [-0.05, 0) is 17.7 Å². The lowest BCUT2D eigenvalue weighted by Crippen LogP contribution is -2.36. The van der Waals surface area contributed by atoms with E-state index < -0.39 is 12.2 Å². The first-order chi connectivity index (χ1) is 8.77. The summed E-state index contributed by atoms with van der Waals surface area (Å²) >= 11 is 0. The van der Waals surface area contributed by atoms with Gasteiger partial charge in [-0.25, -0.2) is 0 Å². The first-order valence-electron chi connectivity index (χ1n) is 5.80. The van der Waals surface area contributed by atoms with Gasteiger partial charge in [-0.15, -0.1) is 0 Å². The van der Waals surface area contributed by atoms with Crippen molar-refractivity contribution in [2.45, 2.75) is 12.2 Å². The number of fused-ring (bicyclic) bond motifs is 1. The van der Waals surface area contributed by atoms with Crippen molar-refractivity contribution in [1.29, 1.82) is 0 Å². The largest absolute Gasteiger partial charge is 0.482 e. The molecule has 18 heavy (non-hydrogen) atoms. The minimum atomic E-state index is -1.15. The fraction of sp³-hybridized carbons (Fsp3) is 0.133. The summed E-state index contributed by atoms with van der Waals surface area (Å²) < 4.78 is 5.73. The summed E-state index contributed by atoms with van der Waals surface area (Å²) in [7, 11) is 0. The molecule has 1 aliphatic heterocycles. The molecule has 2 aromatic carbocycles. The standard InChI is InChI=1S/C15H12O3/c16-13-11-8-4-5-9-12(11)18-15(14(13)17)10-6-2-1-3-7-10/h1-9,14-15,17H/t14-,15?/m0/s1. The Hall–Kier alpha value is -2.13. The molecule has 0 saturated heterocycles. The van der Waals surface area contributed by atoms with Crippen LogP contribution in [0.25, 0.3) is 0 Å². The van der Waals surface area contributed by atoms with E-state index >= 15 is 0 Å². The lowest BCUT2D eigenvalue weighted by Gasteiger charge is -2.29. The normalized spacial score (nSPS) is 22.2. The number of Topliss-reactive ketones (excluding diaryl/α,β-unsaturated/α-hetero) is 1. The summed E-state index contributed by atoms with van der Waals surface area (Å²) in [5, 5.41) is 10.1. The Balaban J connectivity index is 2.04. The van der Waals surface area contributed by atoms with Gasteiger partial charge >= 0.3 is 0 Å². The second-order valence-electron chi connectivity index (χ2n) is 4.25. The first kappa shape index (κ1) is 11.0. The van der Waals surface area contributed by atoms with Crippen LogP contribution in [0.1, 0.15) is 22.0 Å². The van der Waals surface area contributed by atoms with Crippen LogP contribution >= 0.6 is 0 Å². The molecule has 0 fully saturated rings. The van der Waals surface area contributed by atoms with Gasteiger partial charge in [-0.1, -0.05) is 42.5 Å². The lowest BCUT2D eigenvalue weighted by molar-refractivity contribution is 0.0216. The van der Waals surface area contributed by atoms with Gasteiger partial charge in [0.25, 0.3) is 0 Å². The fourth-order valence-corrected chi connectivity index (χ4v) is 2.16. The molecule has 2 aromatic rings. The molecule has 0 bridgehead atoms. The zero-order chi connectivity index (χ0) is 12.5. The van der Waals surface area contributed by atoms with Crippen LogP contribution in [0.2, 0.25) is 0 Å². The predicted molar refractivity (Wildman–Crippen MR) is 66.6 cm³/mol. The summed E-state index contributed by atoms with van der Waals surface area (Å²) in [6.45, 7) is 0. The van der Waals surface area contributed by atoms with E-state index in [4.69, 9.17) is 4.74 Å². The third kappa shape index (κ3) is 1.69. The van der Waals surface area contributed by atoms with Crippen molar-refractivity contribution in [2.75, 3.05) is 0 Å². The van der Waals surface area contributed by atoms with Gasteiger partial charge in [-0.2, -0.15) is 0 Å². The van der Waals surface area contributed by atoms with E-state index in [1.807, 2.05) is 36.4 Å². The highest BCUT2D eigenvalue weighted by molar-refractivity contribution is 6.03. The number of carbonyl (C=O) groups is 1. The quantitative estimate of drug-likeness (QED) is 0.832. The highest BCUT2D eigenvalue weighted by atomic mass is 16.5. The molecule has 0 radical (unpaired) electrons. The van der Waals surface area contributed by atoms with Gasteiger partial charge in [0, 0.05) is 0 Å². The molecule has 90 valence electrons. The number of aliphatic hydroxyl groups excluding tert-OH is 1. The summed E-state index contributed by atoms with van der Waals surface area (Å²) in [6, 6.07) is 16.3. The van der Waals surface area contributed by atoms with E-state index in [2.05, 4.69) is 0 Å². The lowest BCUT2D eigenvalue weighted by atomic mass is 9.94. The Morgan fingerprint density at radius 3 is 2.39 bits per heavy atom. The monoisotopic (exact) mass is 240 g/mol. The van der Waals surface area contributed by atoms with Crippen LogP contribution in [0.5, 0.6) is 5.75 Å². The van der Waals surface area contributed by atoms with Gasteiger partial charge in [0.2, 0.25) is 0 Å². The average Bonchev–Trinajstić information content (AvgIpc) is 2.44. The molecule has 0 aromatic heterocycles. The molecule has 0 saturated carbocycles. The number of hydrogen-bond donors (Lipinski definition) is 1. The number of ether oxygens (including phenoxy) is 1. The van der Waals surface area contributed by atoms with Gasteiger partial charge in [-0.3, -0.25) is 4.79 Å². The van der Waals surface area contributed by atoms with E-state index in [9.17, 15) is 9.90 Å². The summed E-state index contributed by atoms with van der Waals surface area (Å²) in [4.78, 5) is 12.1. The number of benzene rings is 2. The van der Waals surface area contributed by atoms with Crippen molar-refractivity contribution in [3.8, 4) is 5.75 Å². The Morgan fingerprint density at radius 2 is 1.61 bits per heavy atom. The van der Waals surface area contributed by atoms with E-state index in [1.54, 1.807) is 18.2 Å². The molecule has 0 spiro atoms. The Labute approximate surface area is 105 Å². The van der Waals surface area contributed by atoms with Gasteiger partial charge < -0.3 is 9.84 Å². The number of rotatable bonds is 1. The summed E-state index contributed by atoms with van der Waals surface area (Å²) in [6.07, 6.45) is -1.78. The second kappa shape index (κ2) is 4.27. The van der Waals surface area contributed by atoms with Gasteiger partial charge in [0.05, 0.1) is 5.56 Å². The average molecular weight is 240 g/mol. The van der Waals surface area contributed by atoms with Crippen molar-refractivity contribution >= 4 is 5.78 Å². The smallest absolute Gasteiger partial charge is 0.199 e. The zero-order valence-electron chi connectivity index (χ0n) is 9.61. The maximum Gasteiger partial charge on any atom is 0.199 e. The van der Waals surface area contributed by atoms with Crippen molar-refractivity contribution in [1.82, 2.24) is 0 Å². The van der Waals surface area contributed by atoms with Crippen molar-refractivity contribution in [3.63, 3.8) is 0 Å².